The maximum Gasteiger partial charge on any atom is 0.0447 e. The maximum atomic E-state index is 6.46. The Morgan fingerprint density at radius 3 is 2.53 bits per heavy atom. The van der Waals surface area contributed by atoms with Crippen molar-refractivity contribution in [3.63, 3.8) is 0 Å². The van der Waals surface area contributed by atoms with Crippen LogP contribution in [0.3, 0.4) is 0 Å². The predicted octanol–water partition coefficient (Wildman–Crippen LogP) is 3.90. The third kappa shape index (κ3) is 1.46. The summed E-state index contributed by atoms with van der Waals surface area (Å²) >= 11 is 6.46. The molecule has 1 nitrogen and oxygen atoms in total. The number of rotatable bonds is 1. The van der Waals surface area contributed by atoms with E-state index < -0.39 is 0 Å². The second kappa shape index (κ2) is 4.09. The van der Waals surface area contributed by atoms with E-state index in [1.165, 1.54) is 22.3 Å². The topological polar surface area (TPSA) is 26.0 Å². The average molecular weight is 270 g/mol. The lowest BCUT2D eigenvalue weighted by molar-refractivity contribution is 0.365. The number of fused-ring (bicyclic) bond motifs is 1. The first kappa shape index (κ1) is 11.5. The molecule has 3 unspecified atom stereocenters. The zero-order valence-electron chi connectivity index (χ0n) is 10.6. The molecule has 0 heterocycles. The molecule has 0 aliphatic heterocycles. The lowest BCUT2D eigenvalue weighted by atomic mass is 9.59. The number of hydrogen-bond acceptors (Lipinski definition) is 1. The van der Waals surface area contributed by atoms with E-state index in [9.17, 15) is 0 Å². The van der Waals surface area contributed by atoms with Gasteiger partial charge in [-0.2, -0.15) is 0 Å². The lowest BCUT2D eigenvalue weighted by Gasteiger charge is -2.45. The fourth-order valence-corrected chi connectivity index (χ4v) is 4.36. The Labute approximate surface area is 118 Å². The van der Waals surface area contributed by atoms with E-state index in [0.717, 1.165) is 18.0 Å². The number of halogens is 1. The number of nitrogens with two attached hydrogens (primary N) is 1. The lowest BCUT2D eigenvalue weighted by Crippen LogP contribution is -2.36. The highest BCUT2D eigenvalue weighted by atomic mass is 35.5. The van der Waals surface area contributed by atoms with Gasteiger partial charge in [0.2, 0.25) is 0 Å². The molecule has 0 spiro atoms. The minimum atomic E-state index is 0.429. The van der Waals surface area contributed by atoms with Crippen molar-refractivity contribution in [1.82, 2.24) is 0 Å². The first-order valence-electron chi connectivity index (χ1n) is 6.88. The van der Waals surface area contributed by atoms with Crippen LogP contribution < -0.4 is 5.73 Å². The van der Waals surface area contributed by atoms with Crippen molar-refractivity contribution in [2.45, 2.75) is 18.3 Å². The SMILES string of the molecule is NCC1CC2c3ccccc3C1c1cccc(Cl)c12. The Kier molecular flexibility index (Phi) is 2.48. The summed E-state index contributed by atoms with van der Waals surface area (Å²) in [6, 6.07) is 15.1. The molecular weight excluding hydrogens is 254 g/mol. The highest BCUT2D eigenvalue weighted by Crippen LogP contribution is 2.56. The molecule has 2 heteroatoms. The average Bonchev–Trinajstić information content (AvgIpc) is 2.47. The van der Waals surface area contributed by atoms with E-state index >= 15 is 0 Å². The van der Waals surface area contributed by atoms with Gasteiger partial charge in [0.15, 0.2) is 0 Å². The standard InChI is InChI=1S/C17H16ClN/c18-15-7-3-6-13-16-10(9-19)8-14(17(13)15)11-4-1-2-5-12(11)16/h1-7,10,14,16H,8-9,19H2. The van der Waals surface area contributed by atoms with Crippen molar-refractivity contribution in [2.24, 2.45) is 11.7 Å². The van der Waals surface area contributed by atoms with E-state index in [1.54, 1.807) is 0 Å². The van der Waals surface area contributed by atoms with Crippen molar-refractivity contribution >= 4 is 11.6 Å². The van der Waals surface area contributed by atoms with E-state index in [0.29, 0.717) is 17.8 Å². The number of benzene rings is 2. The molecule has 96 valence electrons. The van der Waals surface area contributed by atoms with Crippen LogP contribution in [0, 0.1) is 5.92 Å². The Morgan fingerprint density at radius 1 is 1.00 bits per heavy atom. The molecule has 5 rings (SSSR count). The van der Waals surface area contributed by atoms with Crippen LogP contribution >= 0.6 is 11.6 Å². The first-order valence-corrected chi connectivity index (χ1v) is 7.26. The van der Waals surface area contributed by atoms with Crippen molar-refractivity contribution in [3.8, 4) is 0 Å². The van der Waals surface area contributed by atoms with Crippen LogP contribution in [0.25, 0.3) is 0 Å². The van der Waals surface area contributed by atoms with E-state index in [4.69, 9.17) is 17.3 Å². The van der Waals surface area contributed by atoms with Crippen molar-refractivity contribution in [3.05, 3.63) is 69.7 Å². The van der Waals surface area contributed by atoms with Gasteiger partial charge in [-0.3, -0.25) is 0 Å². The van der Waals surface area contributed by atoms with Crippen LogP contribution in [0.1, 0.15) is 40.5 Å². The molecule has 0 radical (unpaired) electrons. The van der Waals surface area contributed by atoms with Gasteiger partial charge in [-0.05, 0) is 47.2 Å². The third-order valence-corrected chi connectivity index (χ3v) is 5.12. The van der Waals surface area contributed by atoms with Gasteiger partial charge in [-0.25, -0.2) is 0 Å². The minimum Gasteiger partial charge on any atom is -0.330 e. The summed E-state index contributed by atoms with van der Waals surface area (Å²) in [5, 5.41) is 0.914. The van der Waals surface area contributed by atoms with Gasteiger partial charge in [0, 0.05) is 16.9 Å². The quantitative estimate of drug-likeness (QED) is 0.835. The smallest absolute Gasteiger partial charge is 0.0447 e. The van der Waals surface area contributed by atoms with Crippen LogP contribution in [0.5, 0.6) is 0 Å². The second-order valence-electron chi connectivity index (χ2n) is 5.63. The molecule has 3 aliphatic carbocycles. The van der Waals surface area contributed by atoms with Crippen LogP contribution in [-0.2, 0) is 0 Å². The second-order valence-corrected chi connectivity index (χ2v) is 6.04. The molecule has 0 aromatic heterocycles. The molecule has 0 saturated carbocycles. The molecule has 3 aliphatic rings. The van der Waals surface area contributed by atoms with Gasteiger partial charge >= 0.3 is 0 Å². The van der Waals surface area contributed by atoms with Crippen LogP contribution in [0.15, 0.2) is 42.5 Å². The normalized spacial score (nSPS) is 26.9. The highest BCUT2D eigenvalue weighted by Gasteiger charge is 2.43. The maximum absolute atomic E-state index is 6.46. The molecule has 2 aromatic carbocycles. The van der Waals surface area contributed by atoms with Gasteiger partial charge < -0.3 is 5.73 Å². The van der Waals surface area contributed by atoms with Crippen molar-refractivity contribution in [1.29, 1.82) is 0 Å². The van der Waals surface area contributed by atoms with Crippen LogP contribution in [-0.4, -0.2) is 6.54 Å². The molecule has 0 amide bonds. The molecule has 19 heavy (non-hydrogen) atoms. The Hall–Kier alpha value is -1.31. The molecule has 3 atom stereocenters. The summed E-state index contributed by atoms with van der Waals surface area (Å²) in [5.74, 6) is 1.41. The molecule has 2 N–H and O–H groups in total. The first-order chi connectivity index (χ1) is 9.31. The van der Waals surface area contributed by atoms with E-state index in [1.807, 2.05) is 6.07 Å². The summed E-state index contributed by atoms with van der Waals surface area (Å²) in [4.78, 5) is 0. The molecular formula is C17H16ClN. The molecule has 2 aromatic rings. The van der Waals surface area contributed by atoms with Crippen LogP contribution in [0.2, 0.25) is 5.02 Å². The zero-order valence-corrected chi connectivity index (χ0v) is 11.4. The van der Waals surface area contributed by atoms with E-state index in [-0.39, 0.29) is 0 Å². The van der Waals surface area contributed by atoms with Gasteiger partial charge in [-0.1, -0.05) is 48.0 Å². The molecule has 0 saturated heterocycles. The summed E-state index contributed by atoms with van der Waals surface area (Å²) in [5.41, 5.74) is 11.7. The summed E-state index contributed by atoms with van der Waals surface area (Å²) in [6.07, 6.45) is 1.13. The van der Waals surface area contributed by atoms with Crippen molar-refractivity contribution < 1.29 is 0 Å². The third-order valence-electron chi connectivity index (χ3n) is 4.79. The fraction of sp³-hybridized carbons (Fsp3) is 0.294. The van der Waals surface area contributed by atoms with Crippen molar-refractivity contribution in [2.75, 3.05) is 6.54 Å². The zero-order chi connectivity index (χ0) is 13.0. The summed E-state index contributed by atoms with van der Waals surface area (Å²) < 4.78 is 0. The highest BCUT2D eigenvalue weighted by molar-refractivity contribution is 6.31. The van der Waals surface area contributed by atoms with Gasteiger partial charge in [0.1, 0.15) is 0 Å². The Morgan fingerprint density at radius 2 is 1.74 bits per heavy atom. The predicted molar refractivity (Wildman–Crippen MR) is 78.7 cm³/mol. The van der Waals surface area contributed by atoms with Crippen LogP contribution in [0.4, 0.5) is 0 Å². The fourth-order valence-electron chi connectivity index (χ4n) is 4.05. The molecule has 0 fully saturated rings. The largest absolute Gasteiger partial charge is 0.330 e. The Bertz CT molecular complexity index is 649. The minimum absolute atomic E-state index is 0.429. The van der Waals surface area contributed by atoms with Gasteiger partial charge in [0.05, 0.1) is 0 Å². The van der Waals surface area contributed by atoms with Gasteiger partial charge in [-0.15, -0.1) is 0 Å². The number of hydrogen-bond donors (Lipinski definition) is 1. The van der Waals surface area contributed by atoms with E-state index in [2.05, 4.69) is 36.4 Å². The van der Waals surface area contributed by atoms with Gasteiger partial charge in [0.25, 0.3) is 0 Å². The monoisotopic (exact) mass is 269 g/mol. The molecule has 2 bridgehead atoms. The Balaban J connectivity index is 2.02. The summed E-state index contributed by atoms with van der Waals surface area (Å²) in [7, 11) is 0. The summed E-state index contributed by atoms with van der Waals surface area (Å²) in [6.45, 7) is 0.751.